The van der Waals surface area contributed by atoms with Crippen LogP contribution in [0.25, 0.3) is 0 Å². The minimum absolute atomic E-state index is 0. The smallest absolute Gasteiger partial charge is 0.500 e. The zero-order valence-electron chi connectivity index (χ0n) is 34.2. The van der Waals surface area contributed by atoms with Crippen molar-refractivity contribution in [2.75, 3.05) is 42.0 Å². The Morgan fingerprint density at radius 3 is 0.896 bits per heavy atom. The summed E-state index contributed by atoms with van der Waals surface area (Å²) in [6, 6.07) is 1.67. The van der Waals surface area contributed by atoms with Crippen molar-refractivity contribution in [3.63, 3.8) is 0 Å². The van der Waals surface area contributed by atoms with E-state index in [0.29, 0.717) is 0 Å². The monoisotopic (exact) mass is 720 g/mol. The second-order valence-corrected chi connectivity index (χ2v) is 18.8. The molecule has 4 nitrogen and oxygen atoms in total. The molecule has 6 heteroatoms. The highest BCUT2D eigenvalue weighted by atomic mass is 35.5. The molecule has 0 rings (SSSR count). The van der Waals surface area contributed by atoms with Gasteiger partial charge in [-0.1, -0.05) is 187 Å². The number of unbranched alkanes of at least 4 members (excludes halogenated alkanes) is 27. The number of quaternary nitrogens is 1. The van der Waals surface area contributed by atoms with Crippen LogP contribution in [0.4, 0.5) is 0 Å². The van der Waals surface area contributed by atoms with Gasteiger partial charge < -0.3 is 30.2 Å². The largest absolute Gasteiger partial charge is 1.00 e. The van der Waals surface area contributed by atoms with Crippen LogP contribution in [0.2, 0.25) is 6.04 Å². The molecular weight excluding hydrogens is 630 g/mol. The summed E-state index contributed by atoms with van der Waals surface area (Å²) in [5.74, 6) is 0. The van der Waals surface area contributed by atoms with Gasteiger partial charge in [0.15, 0.2) is 0 Å². The highest BCUT2D eigenvalue weighted by molar-refractivity contribution is 6.60. The Morgan fingerprint density at radius 2 is 0.646 bits per heavy atom. The van der Waals surface area contributed by atoms with Crippen LogP contribution in [0.3, 0.4) is 0 Å². The summed E-state index contributed by atoms with van der Waals surface area (Å²) in [6.07, 6.45) is 45.6. The first-order valence-corrected chi connectivity index (χ1v) is 23.3. The van der Waals surface area contributed by atoms with Crippen LogP contribution in [0.15, 0.2) is 0 Å². The summed E-state index contributed by atoms with van der Waals surface area (Å²) in [4.78, 5) is 0. The fourth-order valence-electron chi connectivity index (χ4n) is 7.61. The predicted molar refractivity (Wildman–Crippen MR) is 211 cm³/mol. The molecule has 292 valence electrons. The maximum atomic E-state index is 5.72. The summed E-state index contributed by atoms with van der Waals surface area (Å²) >= 11 is 0. The first-order valence-electron chi connectivity index (χ1n) is 21.4. The Bertz CT molecular complexity index is 611. The second-order valence-electron chi connectivity index (χ2n) is 15.7. The molecule has 0 bridgehead atoms. The molecule has 0 saturated heterocycles. The molecule has 1 unspecified atom stereocenters. The van der Waals surface area contributed by atoms with Crippen LogP contribution >= 0.6 is 0 Å². The van der Waals surface area contributed by atoms with Gasteiger partial charge in [0.05, 0.1) is 26.7 Å². The Kier molecular flexibility index (Phi) is 39.0. The average Bonchev–Trinajstić information content (AvgIpc) is 3.07. The highest BCUT2D eigenvalue weighted by Gasteiger charge is 2.38. The second kappa shape index (κ2) is 37.1. The third kappa shape index (κ3) is 30.0. The normalized spacial score (nSPS) is 12.8. The number of hydrogen-bond acceptors (Lipinski definition) is 3. The topological polar surface area (TPSA) is 27.7 Å². The number of nitrogens with zero attached hydrogens (tertiary/aromatic N) is 1. The molecule has 1 atom stereocenters. The Hall–Kier alpha value is 0.347. The number of hydrogen-bond donors (Lipinski definition) is 0. The van der Waals surface area contributed by atoms with Crippen LogP contribution < -0.4 is 12.4 Å². The van der Waals surface area contributed by atoms with E-state index in [2.05, 4.69) is 27.9 Å². The molecule has 0 amide bonds. The summed E-state index contributed by atoms with van der Waals surface area (Å²) in [6.45, 7) is 5.79. The summed E-state index contributed by atoms with van der Waals surface area (Å²) < 4.78 is 18.3. The van der Waals surface area contributed by atoms with Crippen molar-refractivity contribution in [1.82, 2.24) is 0 Å². The molecule has 0 N–H and O–H groups in total. The standard InChI is InChI=1S/C42H90NO3Si.ClH/c1-8-10-12-14-16-18-20-22-23-24-26-28-30-32-34-36-39-42(43(3,4)40-37-41-47(44-5,45-6)46-7)38-35-33-31-29-27-25-21-19-17-15-13-11-9-2;/h42H,8-41H2,1-7H3;1H/q+1;/p-1. The lowest BCUT2D eigenvalue weighted by molar-refractivity contribution is -0.916. The zero-order chi connectivity index (χ0) is 34.7. The zero-order valence-corrected chi connectivity index (χ0v) is 35.9. The predicted octanol–water partition coefficient (Wildman–Crippen LogP) is 10.8. The average molecular weight is 721 g/mol. The third-order valence-corrected chi connectivity index (χ3v) is 14.0. The minimum atomic E-state index is -2.49. The lowest BCUT2D eigenvalue weighted by Crippen LogP contribution is -3.00. The highest BCUT2D eigenvalue weighted by Crippen LogP contribution is 2.25. The summed E-state index contributed by atoms with van der Waals surface area (Å²) in [5.41, 5.74) is 0. The molecule has 0 saturated carbocycles. The van der Waals surface area contributed by atoms with E-state index >= 15 is 0 Å². The molecule has 0 fully saturated rings. The molecule has 0 aliphatic heterocycles. The maximum absolute atomic E-state index is 5.72. The van der Waals surface area contributed by atoms with E-state index in [0.717, 1.165) is 23.0 Å². The molecule has 0 aliphatic rings. The van der Waals surface area contributed by atoms with Gasteiger partial charge in [-0.3, -0.25) is 0 Å². The van der Waals surface area contributed by atoms with Crippen LogP contribution in [0.5, 0.6) is 0 Å². The van der Waals surface area contributed by atoms with Crippen molar-refractivity contribution >= 4 is 8.80 Å². The van der Waals surface area contributed by atoms with Gasteiger partial charge in [-0.15, -0.1) is 0 Å². The Labute approximate surface area is 311 Å². The third-order valence-electron chi connectivity index (χ3n) is 11.2. The number of halogens is 1. The summed E-state index contributed by atoms with van der Waals surface area (Å²) in [5, 5.41) is 0. The molecular formula is C42H90ClNO3Si. The SMILES string of the molecule is CCCCCCCCCCCCCCCCCCC(CCCCCCCCCCCCCCC)[N+](C)(C)CCC[Si](OC)(OC)OC.[Cl-]. The van der Waals surface area contributed by atoms with Gasteiger partial charge in [-0.2, -0.15) is 0 Å². The Balaban J connectivity index is 0. The minimum Gasteiger partial charge on any atom is -1.00 e. The lowest BCUT2D eigenvalue weighted by atomic mass is 9.97. The molecule has 0 aromatic rings. The van der Waals surface area contributed by atoms with Gasteiger partial charge in [0.1, 0.15) is 0 Å². The van der Waals surface area contributed by atoms with Crippen LogP contribution in [-0.2, 0) is 13.3 Å². The van der Waals surface area contributed by atoms with E-state index in [9.17, 15) is 0 Å². The number of rotatable bonds is 39. The van der Waals surface area contributed by atoms with Crippen LogP contribution in [0.1, 0.15) is 219 Å². The maximum Gasteiger partial charge on any atom is 0.500 e. The van der Waals surface area contributed by atoms with Gasteiger partial charge in [0.25, 0.3) is 0 Å². The van der Waals surface area contributed by atoms with E-state index in [-0.39, 0.29) is 12.4 Å². The van der Waals surface area contributed by atoms with E-state index in [1.165, 1.54) is 206 Å². The Morgan fingerprint density at radius 1 is 0.396 bits per heavy atom. The summed E-state index contributed by atoms with van der Waals surface area (Å²) in [7, 11) is 7.71. The fourth-order valence-corrected chi connectivity index (χ4v) is 9.31. The van der Waals surface area contributed by atoms with Crippen molar-refractivity contribution in [2.24, 2.45) is 0 Å². The quantitative estimate of drug-likeness (QED) is 0.0360. The molecule has 0 aromatic heterocycles. The van der Waals surface area contributed by atoms with Crippen molar-refractivity contribution in [3.8, 4) is 0 Å². The molecule has 0 aromatic carbocycles. The van der Waals surface area contributed by atoms with E-state index in [4.69, 9.17) is 13.3 Å². The fraction of sp³-hybridized carbons (Fsp3) is 1.00. The van der Waals surface area contributed by atoms with E-state index in [1.807, 2.05) is 0 Å². The van der Waals surface area contributed by atoms with Gasteiger partial charge in [0, 0.05) is 33.8 Å². The first kappa shape index (κ1) is 50.5. The van der Waals surface area contributed by atoms with Crippen LogP contribution in [0, 0.1) is 0 Å². The van der Waals surface area contributed by atoms with Crippen molar-refractivity contribution in [1.29, 1.82) is 0 Å². The molecule has 0 spiro atoms. The molecule has 0 heterocycles. The van der Waals surface area contributed by atoms with Gasteiger partial charge in [-0.25, -0.2) is 0 Å². The van der Waals surface area contributed by atoms with E-state index in [1.54, 1.807) is 21.3 Å². The van der Waals surface area contributed by atoms with Crippen molar-refractivity contribution < 1.29 is 30.2 Å². The molecule has 48 heavy (non-hydrogen) atoms. The molecule has 0 aliphatic carbocycles. The van der Waals surface area contributed by atoms with Crippen molar-refractivity contribution in [2.45, 2.75) is 231 Å². The first-order chi connectivity index (χ1) is 22.9. The van der Waals surface area contributed by atoms with Gasteiger partial charge in [0.2, 0.25) is 0 Å². The van der Waals surface area contributed by atoms with E-state index < -0.39 is 8.80 Å². The molecule has 0 radical (unpaired) electrons. The van der Waals surface area contributed by atoms with Gasteiger partial charge in [-0.05, 0) is 25.7 Å². The van der Waals surface area contributed by atoms with Gasteiger partial charge >= 0.3 is 8.80 Å². The van der Waals surface area contributed by atoms with Crippen molar-refractivity contribution in [3.05, 3.63) is 0 Å². The lowest BCUT2D eigenvalue weighted by Gasteiger charge is -2.39. The van der Waals surface area contributed by atoms with Crippen LogP contribution in [-0.4, -0.2) is 61.3 Å².